The second-order valence-electron chi connectivity index (χ2n) is 8.31. The molecule has 0 amide bonds. The Labute approximate surface area is 183 Å². The summed E-state index contributed by atoms with van der Waals surface area (Å²) in [6, 6.07) is 5.16. The molecular weight excluding hydrogens is 424 g/mol. The number of aromatic amines is 1. The Hall–Kier alpha value is -2.34. The van der Waals surface area contributed by atoms with E-state index >= 15 is 0 Å². The summed E-state index contributed by atoms with van der Waals surface area (Å²) < 4.78 is 28.0. The first kappa shape index (κ1) is 20.9. The van der Waals surface area contributed by atoms with E-state index in [1.54, 1.807) is 32.9 Å². The van der Waals surface area contributed by atoms with Gasteiger partial charge in [-0.25, -0.2) is 23.1 Å². The van der Waals surface area contributed by atoms with Crippen LogP contribution in [0.1, 0.15) is 55.1 Å². The minimum absolute atomic E-state index is 0. The molecule has 1 aliphatic rings. The molecule has 166 valence electrons. The first-order valence-corrected chi connectivity index (χ1v) is 11.9. The molecule has 0 spiro atoms. The number of thiophene rings is 1. The van der Waals surface area contributed by atoms with E-state index in [2.05, 4.69) is 30.2 Å². The van der Waals surface area contributed by atoms with Crippen LogP contribution in [0.25, 0.3) is 10.7 Å². The van der Waals surface area contributed by atoms with Gasteiger partial charge in [-0.1, -0.05) is 0 Å². The van der Waals surface area contributed by atoms with E-state index in [-0.39, 0.29) is 15.1 Å². The number of H-pyrrole nitrogens is 1. The van der Waals surface area contributed by atoms with Gasteiger partial charge in [-0.15, -0.1) is 11.3 Å². The number of hydrogen-bond acceptors (Lipinski definition) is 8. The number of nitrogens with zero attached hydrogens (tertiary/aromatic N) is 3. The molecule has 0 atom stereocenters. The van der Waals surface area contributed by atoms with E-state index in [1.165, 1.54) is 6.20 Å². The Balaban J connectivity index is 0.00000181. The van der Waals surface area contributed by atoms with Gasteiger partial charge in [-0.3, -0.25) is 5.10 Å². The zero-order valence-corrected chi connectivity index (χ0v) is 18.6. The molecule has 0 unspecified atom stereocenters. The fourth-order valence-electron chi connectivity index (χ4n) is 2.91. The van der Waals surface area contributed by atoms with Crippen LogP contribution in [0, 0.1) is 0 Å². The van der Waals surface area contributed by atoms with E-state index in [4.69, 9.17) is 0 Å². The van der Waals surface area contributed by atoms with Gasteiger partial charge in [0.15, 0.2) is 11.6 Å². The summed E-state index contributed by atoms with van der Waals surface area (Å²) in [6.45, 7) is 5.13. The standard InChI is InChI=1S/C19H24N6O3S2.3H2/c1-19(2,3)25-30(27,28)16-7-6-14(29-16)18-20-9-12(10-26)17(22-18)21-15-8-13(23-24-15)11-4-5-11;;;/h6-9,11,25-26H,4-5,10H2,1-3H3,(H2,20,21,22,23,24);3*1H. The summed E-state index contributed by atoms with van der Waals surface area (Å²) in [5.41, 5.74) is 1.02. The molecule has 1 saturated carbocycles. The van der Waals surface area contributed by atoms with Gasteiger partial charge in [-0.05, 0) is 45.7 Å². The number of anilines is 2. The van der Waals surface area contributed by atoms with Crippen LogP contribution in [-0.2, 0) is 16.6 Å². The van der Waals surface area contributed by atoms with Gasteiger partial charge in [0.1, 0.15) is 10.0 Å². The highest BCUT2D eigenvalue weighted by atomic mass is 32.2. The lowest BCUT2D eigenvalue weighted by molar-refractivity contribution is 0.281. The average molecular weight is 455 g/mol. The normalized spacial score (nSPS) is 14.8. The van der Waals surface area contributed by atoms with Crippen molar-refractivity contribution in [1.29, 1.82) is 0 Å². The maximum Gasteiger partial charge on any atom is 0.250 e. The van der Waals surface area contributed by atoms with Crippen molar-refractivity contribution in [3.63, 3.8) is 0 Å². The predicted molar refractivity (Wildman–Crippen MR) is 122 cm³/mol. The van der Waals surface area contributed by atoms with Crippen molar-refractivity contribution in [2.75, 3.05) is 5.32 Å². The van der Waals surface area contributed by atoms with Gasteiger partial charge in [0, 0.05) is 39.3 Å². The molecule has 0 saturated heterocycles. The molecular formula is C19H30N6O3S2. The van der Waals surface area contributed by atoms with Crippen molar-refractivity contribution in [3.8, 4) is 10.7 Å². The Morgan fingerprint density at radius 1 is 1.33 bits per heavy atom. The molecule has 1 fully saturated rings. The summed E-state index contributed by atoms with van der Waals surface area (Å²) >= 11 is 1.09. The molecule has 4 rings (SSSR count). The van der Waals surface area contributed by atoms with Gasteiger partial charge in [0.05, 0.1) is 11.5 Å². The molecule has 0 bridgehead atoms. The van der Waals surface area contributed by atoms with Crippen molar-refractivity contribution < 1.29 is 17.8 Å². The summed E-state index contributed by atoms with van der Waals surface area (Å²) in [6.07, 6.45) is 3.85. The third kappa shape index (κ3) is 4.69. The monoisotopic (exact) mass is 454 g/mol. The second kappa shape index (κ2) is 7.73. The molecule has 1 aliphatic carbocycles. The third-order valence-electron chi connectivity index (χ3n) is 4.40. The quantitative estimate of drug-likeness (QED) is 0.426. The SMILES string of the molecule is CC(C)(C)NS(=O)(=O)c1ccc(-c2ncc(CO)c(Nc3cc(C4CC4)[nH]n3)n2)s1.[HH].[HH].[HH]. The van der Waals surface area contributed by atoms with Gasteiger partial charge >= 0.3 is 0 Å². The van der Waals surface area contributed by atoms with Crippen LogP contribution in [0.2, 0.25) is 0 Å². The van der Waals surface area contributed by atoms with Crippen molar-refractivity contribution in [3.05, 3.63) is 35.7 Å². The largest absolute Gasteiger partial charge is 0.391 e. The van der Waals surface area contributed by atoms with E-state index in [9.17, 15) is 13.5 Å². The Morgan fingerprint density at radius 2 is 2.10 bits per heavy atom. The van der Waals surface area contributed by atoms with E-state index in [0.29, 0.717) is 33.8 Å². The molecule has 3 aromatic rings. The summed E-state index contributed by atoms with van der Waals surface area (Å²) in [7, 11) is -3.63. The summed E-state index contributed by atoms with van der Waals surface area (Å²) in [5, 5.41) is 20.1. The molecule has 30 heavy (non-hydrogen) atoms. The highest BCUT2D eigenvalue weighted by molar-refractivity contribution is 7.91. The van der Waals surface area contributed by atoms with Crippen LogP contribution in [0.4, 0.5) is 11.6 Å². The van der Waals surface area contributed by atoms with E-state index < -0.39 is 15.6 Å². The lowest BCUT2D eigenvalue weighted by atomic mass is 10.1. The average Bonchev–Trinajstić information content (AvgIpc) is 3.19. The number of aromatic nitrogens is 4. The van der Waals surface area contributed by atoms with Crippen molar-refractivity contribution in [2.45, 2.75) is 55.9 Å². The maximum absolute atomic E-state index is 12.6. The number of hydrogen-bond donors (Lipinski definition) is 4. The van der Waals surface area contributed by atoms with Crippen molar-refractivity contribution in [1.82, 2.24) is 24.9 Å². The smallest absolute Gasteiger partial charge is 0.250 e. The highest BCUT2D eigenvalue weighted by Gasteiger charge is 2.26. The Bertz CT molecular complexity index is 1170. The Kier molecular flexibility index (Phi) is 5.39. The molecule has 0 radical (unpaired) electrons. The van der Waals surface area contributed by atoms with Crippen LogP contribution < -0.4 is 10.0 Å². The zero-order valence-electron chi connectivity index (χ0n) is 16.9. The third-order valence-corrected chi connectivity index (χ3v) is 7.73. The number of nitrogens with one attached hydrogen (secondary N) is 3. The summed E-state index contributed by atoms with van der Waals surface area (Å²) in [5.74, 6) is 1.96. The minimum Gasteiger partial charge on any atom is -0.391 e. The number of rotatable bonds is 7. The maximum atomic E-state index is 12.6. The van der Waals surface area contributed by atoms with E-state index in [1.807, 2.05) is 6.07 Å². The fraction of sp³-hybridized carbons (Fsp3) is 0.421. The molecule has 4 N–H and O–H groups in total. The number of sulfonamides is 1. The molecule has 0 aliphatic heterocycles. The lowest BCUT2D eigenvalue weighted by Gasteiger charge is -2.19. The van der Waals surface area contributed by atoms with E-state index in [0.717, 1.165) is 29.9 Å². The topological polar surface area (TPSA) is 133 Å². The molecule has 11 heteroatoms. The van der Waals surface area contributed by atoms with Gasteiger partial charge < -0.3 is 10.4 Å². The molecule has 3 heterocycles. The second-order valence-corrected chi connectivity index (χ2v) is 11.3. The Morgan fingerprint density at radius 3 is 2.77 bits per heavy atom. The zero-order chi connectivity index (χ0) is 21.5. The first-order chi connectivity index (χ1) is 14.1. The van der Waals surface area contributed by atoms with Crippen LogP contribution in [0.5, 0.6) is 0 Å². The highest BCUT2D eigenvalue weighted by Crippen LogP contribution is 2.39. The summed E-state index contributed by atoms with van der Waals surface area (Å²) in [4.78, 5) is 9.41. The lowest BCUT2D eigenvalue weighted by Crippen LogP contribution is -2.40. The molecule has 3 aromatic heterocycles. The number of aliphatic hydroxyl groups is 1. The first-order valence-electron chi connectivity index (χ1n) is 9.58. The van der Waals surface area contributed by atoms with Crippen LogP contribution in [0.3, 0.4) is 0 Å². The van der Waals surface area contributed by atoms with Gasteiger partial charge in [-0.2, -0.15) is 5.10 Å². The van der Waals surface area contributed by atoms with Crippen LogP contribution in [-0.4, -0.2) is 39.2 Å². The van der Waals surface area contributed by atoms with Crippen molar-refractivity contribution in [2.24, 2.45) is 0 Å². The van der Waals surface area contributed by atoms with Gasteiger partial charge in [0.25, 0.3) is 10.0 Å². The molecule has 0 aromatic carbocycles. The molecule has 9 nitrogen and oxygen atoms in total. The van der Waals surface area contributed by atoms with Gasteiger partial charge in [0.2, 0.25) is 0 Å². The van der Waals surface area contributed by atoms with Crippen LogP contribution >= 0.6 is 11.3 Å². The fourth-order valence-corrected chi connectivity index (χ4v) is 5.58. The predicted octanol–water partition coefficient (Wildman–Crippen LogP) is 3.86. The van der Waals surface area contributed by atoms with Crippen LogP contribution in [0.15, 0.2) is 28.6 Å². The van der Waals surface area contributed by atoms with Crippen molar-refractivity contribution >= 4 is 33.0 Å². The minimum atomic E-state index is -3.63. The number of aliphatic hydroxyl groups excluding tert-OH is 1.